The van der Waals surface area contributed by atoms with Gasteiger partial charge in [0.05, 0.1) is 23.6 Å². The van der Waals surface area contributed by atoms with Crippen molar-refractivity contribution in [1.29, 1.82) is 0 Å². The number of hydrogen-bond acceptors (Lipinski definition) is 6. The number of rotatable bonds is 4. The minimum absolute atomic E-state index is 0.405. The number of nitrogens with zero attached hydrogens (tertiary/aromatic N) is 4. The average Bonchev–Trinajstić information content (AvgIpc) is 2.63. The van der Waals surface area contributed by atoms with Crippen molar-refractivity contribution in [2.24, 2.45) is 12.9 Å². The van der Waals surface area contributed by atoms with Crippen molar-refractivity contribution in [3.63, 3.8) is 0 Å². The lowest BCUT2D eigenvalue weighted by atomic mass is 10.2. The van der Waals surface area contributed by atoms with Crippen LogP contribution in [0.1, 0.15) is 17.1 Å². The second kappa shape index (κ2) is 5.33. The van der Waals surface area contributed by atoms with Crippen molar-refractivity contribution < 1.29 is 4.74 Å². The number of hydrazine groups is 1. The fourth-order valence-electron chi connectivity index (χ4n) is 2.00. The van der Waals surface area contributed by atoms with Gasteiger partial charge in [-0.15, -0.1) is 0 Å². The van der Waals surface area contributed by atoms with E-state index < -0.39 is 0 Å². The van der Waals surface area contributed by atoms with Gasteiger partial charge in [0, 0.05) is 25.9 Å². The standard InChI is InChI=1S/C12H18N6O/c1-7-11(8(2)18(3)17-7)12-14-9(6-19-4)5-10(15-12)16-13/h5H,6,13H2,1-4H3,(H,14,15,16). The van der Waals surface area contributed by atoms with Gasteiger partial charge in [-0.05, 0) is 13.8 Å². The molecule has 0 fully saturated rings. The number of methoxy groups -OCH3 is 1. The molecule has 0 saturated carbocycles. The Bertz CT molecular complexity index is 592. The van der Waals surface area contributed by atoms with E-state index in [-0.39, 0.29) is 0 Å². The Kier molecular flexibility index (Phi) is 3.77. The molecule has 0 aliphatic heterocycles. The quantitative estimate of drug-likeness (QED) is 0.629. The number of hydrogen-bond donors (Lipinski definition) is 2. The van der Waals surface area contributed by atoms with E-state index in [9.17, 15) is 0 Å². The molecule has 0 atom stereocenters. The maximum atomic E-state index is 5.44. The van der Waals surface area contributed by atoms with Crippen LogP contribution in [0.25, 0.3) is 11.4 Å². The molecule has 0 unspecified atom stereocenters. The van der Waals surface area contributed by atoms with Gasteiger partial charge in [0.1, 0.15) is 5.82 Å². The summed E-state index contributed by atoms with van der Waals surface area (Å²) in [5.41, 5.74) is 6.14. The molecule has 2 aromatic heterocycles. The number of aromatic nitrogens is 4. The molecule has 0 saturated heterocycles. The first-order valence-electron chi connectivity index (χ1n) is 5.91. The van der Waals surface area contributed by atoms with Gasteiger partial charge in [-0.1, -0.05) is 0 Å². The zero-order chi connectivity index (χ0) is 14.0. The van der Waals surface area contributed by atoms with Crippen LogP contribution < -0.4 is 11.3 Å². The van der Waals surface area contributed by atoms with E-state index in [0.29, 0.717) is 18.2 Å². The van der Waals surface area contributed by atoms with Crippen LogP contribution in [0.5, 0.6) is 0 Å². The zero-order valence-electron chi connectivity index (χ0n) is 11.6. The van der Waals surface area contributed by atoms with Crippen molar-refractivity contribution in [2.75, 3.05) is 12.5 Å². The first-order valence-corrected chi connectivity index (χ1v) is 5.91. The maximum absolute atomic E-state index is 5.44. The lowest BCUT2D eigenvalue weighted by Gasteiger charge is -2.07. The molecule has 0 radical (unpaired) electrons. The Balaban J connectivity index is 2.57. The van der Waals surface area contributed by atoms with Crippen LogP contribution in [0, 0.1) is 13.8 Å². The van der Waals surface area contributed by atoms with Gasteiger partial charge in [-0.2, -0.15) is 5.10 Å². The monoisotopic (exact) mass is 262 g/mol. The normalized spacial score (nSPS) is 10.8. The molecule has 102 valence electrons. The van der Waals surface area contributed by atoms with Gasteiger partial charge in [0.25, 0.3) is 0 Å². The van der Waals surface area contributed by atoms with E-state index in [4.69, 9.17) is 10.6 Å². The topological polar surface area (TPSA) is 90.9 Å². The lowest BCUT2D eigenvalue weighted by molar-refractivity contribution is 0.181. The summed E-state index contributed by atoms with van der Waals surface area (Å²) in [7, 11) is 3.52. The Labute approximate surface area is 111 Å². The Morgan fingerprint density at radius 1 is 1.37 bits per heavy atom. The molecule has 2 aromatic rings. The van der Waals surface area contributed by atoms with Gasteiger partial charge in [-0.3, -0.25) is 4.68 Å². The van der Waals surface area contributed by atoms with Crippen molar-refractivity contribution in [3.05, 3.63) is 23.1 Å². The summed E-state index contributed by atoms with van der Waals surface area (Å²) in [5.74, 6) is 6.60. The fraction of sp³-hybridized carbons (Fsp3) is 0.417. The Morgan fingerprint density at radius 2 is 2.11 bits per heavy atom. The first-order chi connectivity index (χ1) is 9.06. The van der Waals surface area contributed by atoms with Gasteiger partial charge in [0.15, 0.2) is 5.82 Å². The van der Waals surface area contributed by atoms with Gasteiger partial charge >= 0.3 is 0 Å². The fourth-order valence-corrected chi connectivity index (χ4v) is 2.00. The van der Waals surface area contributed by atoms with E-state index in [2.05, 4.69) is 20.5 Å². The largest absolute Gasteiger partial charge is 0.378 e. The summed E-state index contributed by atoms with van der Waals surface area (Å²) in [4.78, 5) is 8.87. The minimum atomic E-state index is 0.405. The summed E-state index contributed by atoms with van der Waals surface area (Å²) in [6, 6.07) is 1.76. The van der Waals surface area contributed by atoms with E-state index >= 15 is 0 Å². The van der Waals surface area contributed by atoms with E-state index in [1.54, 1.807) is 13.2 Å². The highest BCUT2D eigenvalue weighted by molar-refractivity contribution is 5.63. The molecule has 2 rings (SSSR count). The summed E-state index contributed by atoms with van der Waals surface area (Å²) in [6.07, 6.45) is 0. The van der Waals surface area contributed by atoms with Crippen molar-refractivity contribution in [3.8, 4) is 11.4 Å². The molecule has 0 aromatic carbocycles. The molecular formula is C12H18N6O. The highest BCUT2D eigenvalue weighted by Crippen LogP contribution is 2.24. The highest BCUT2D eigenvalue weighted by atomic mass is 16.5. The molecule has 19 heavy (non-hydrogen) atoms. The zero-order valence-corrected chi connectivity index (χ0v) is 11.6. The van der Waals surface area contributed by atoms with E-state index in [0.717, 1.165) is 22.6 Å². The SMILES string of the molecule is COCc1cc(NN)nc(-c2c(C)nn(C)c2C)n1. The molecular weight excluding hydrogens is 244 g/mol. The second-order valence-corrected chi connectivity index (χ2v) is 4.31. The van der Waals surface area contributed by atoms with Crippen LogP contribution in [0.2, 0.25) is 0 Å². The van der Waals surface area contributed by atoms with E-state index in [1.165, 1.54) is 0 Å². The molecule has 7 nitrogen and oxygen atoms in total. The van der Waals surface area contributed by atoms with Gasteiger partial charge in [-0.25, -0.2) is 15.8 Å². The predicted molar refractivity (Wildman–Crippen MR) is 72.2 cm³/mol. The summed E-state index contributed by atoms with van der Waals surface area (Å²) < 4.78 is 6.92. The minimum Gasteiger partial charge on any atom is -0.378 e. The molecule has 0 aliphatic rings. The number of nitrogen functional groups attached to an aromatic ring is 1. The molecule has 7 heteroatoms. The van der Waals surface area contributed by atoms with Crippen molar-refractivity contribution in [2.45, 2.75) is 20.5 Å². The molecule has 0 bridgehead atoms. The predicted octanol–water partition coefficient (Wildman–Crippen LogP) is 0.926. The van der Waals surface area contributed by atoms with E-state index in [1.807, 2.05) is 25.6 Å². The smallest absolute Gasteiger partial charge is 0.165 e. The van der Waals surface area contributed by atoms with Crippen LogP contribution in [-0.4, -0.2) is 26.9 Å². The third-order valence-corrected chi connectivity index (χ3v) is 2.95. The Morgan fingerprint density at radius 3 is 2.63 bits per heavy atom. The maximum Gasteiger partial charge on any atom is 0.165 e. The Hall–Kier alpha value is -1.99. The van der Waals surface area contributed by atoms with Crippen molar-refractivity contribution >= 4 is 5.82 Å². The van der Waals surface area contributed by atoms with Crippen LogP contribution in [0.15, 0.2) is 6.07 Å². The van der Waals surface area contributed by atoms with Crippen LogP contribution in [0.4, 0.5) is 5.82 Å². The third kappa shape index (κ3) is 2.56. The highest BCUT2D eigenvalue weighted by Gasteiger charge is 2.15. The lowest BCUT2D eigenvalue weighted by Crippen LogP contribution is -2.11. The van der Waals surface area contributed by atoms with Gasteiger partial charge in [0.2, 0.25) is 0 Å². The average molecular weight is 262 g/mol. The molecule has 0 spiro atoms. The number of aryl methyl sites for hydroxylation is 2. The molecule has 0 amide bonds. The van der Waals surface area contributed by atoms with Crippen LogP contribution >= 0.6 is 0 Å². The molecule has 3 N–H and O–H groups in total. The summed E-state index contributed by atoms with van der Waals surface area (Å²) in [6.45, 7) is 4.32. The second-order valence-electron chi connectivity index (χ2n) is 4.31. The molecule has 2 heterocycles. The number of anilines is 1. The number of ether oxygens (including phenoxy) is 1. The summed E-state index contributed by atoms with van der Waals surface area (Å²) >= 11 is 0. The van der Waals surface area contributed by atoms with Crippen molar-refractivity contribution in [1.82, 2.24) is 19.7 Å². The van der Waals surface area contributed by atoms with Gasteiger partial charge < -0.3 is 10.2 Å². The van der Waals surface area contributed by atoms with Crippen LogP contribution in [-0.2, 0) is 18.4 Å². The number of nitrogens with one attached hydrogen (secondary N) is 1. The molecule has 0 aliphatic carbocycles. The third-order valence-electron chi connectivity index (χ3n) is 2.95. The first kappa shape index (κ1) is 13.4. The van der Waals surface area contributed by atoms with Crippen LogP contribution in [0.3, 0.4) is 0 Å². The summed E-state index contributed by atoms with van der Waals surface area (Å²) in [5, 5.41) is 4.37. The number of nitrogens with two attached hydrogens (primary N) is 1.